The summed E-state index contributed by atoms with van der Waals surface area (Å²) >= 11 is 0. The van der Waals surface area contributed by atoms with E-state index < -0.39 is 11.9 Å². The monoisotopic (exact) mass is 345 g/mol. The molecule has 1 heterocycles. The highest BCUT2D eigenvalue weighted by Gasteiger charge is 2.15. The van der Waals surface area contributed by atoms with Gasteiger partial charge >= 0.3 is 5.97 Å². The third-order valence-corrected chi connectivity index (χ3v) is 3.37. The second-order valence-electron chi connectivity index (χ2n) is 5.70. The number of rotatable bonds is 7. The van der Waals surface area contributed by atoms with E-state index in [9.17, 15) is 14.4 Å². The van der Waals surface area contributed by atoms with Gasteiger partial charge in [-0.05, 0) is 30.2 Å². The van der Waals surface area contributed by atoms with E-state index in [2.05, 4.69) is 15.8 Å². The molecule has 0 saturated heterocycles. The summed E-state index contributed by atoms with van der Waals surface area (Å²) in [6.45, 7) is 3.94. The number of hydrogen-bond donors (Lipinski definition) is 3. The predicted octanol–water partition coefficient (Wildman–Crippen LogP) is 2.25. The SMILES string of the molecule is CC(C)c1cc(C(=O)Nc2ccc(C(=O)NCCC(=O)O)cc2)on1. The Hall–Kier alpha value is -3.16. The number of nitrogens with zero attached hydrogens (tertiary/aromatic N) is 1. The first kappa shape index (κ1) is 18.2. The maximum absolute atomic E-state index is 12.1. The van der Waals surface area contributed by atoms with Gasteiger partial charge in [0.05, 0.1) is 12.1 Å². The molecule has 8 heteroatoms. The molecule has 0 aliphatic rings. The van der Waals surface area contributed by atoms with E-state index in [4.69, 9.17) is 9.63 Å². The Morgan fingerprint density at radius 1 is 1.16 bits per heavy atom. The van der Waals surface area contributed by atoms with Gasteiger partial charge in [0.25, 0.3) is 11.8 Å². The largest absolute Gasteiger partial charge is 0.481 e. The van der Waals surface area contributed by atoms with E-state index in [0.29, 0.717) is 16.9 Å². The summed E-state index contributed by atoms with van der Waals surface area (Å²) in [6, 6.07) is 7.80. The van der Waals surface area contributed by atoms with Crippen LogP contribution in [-0.4, -0.2) is 34.6 Å². The van der Waals surface area contributed by atoms with Gasteiger partial charge in [0.15, 0.2) is 0 Å². The third kappa shape index (κ3) is 5.17. The molecule has 8 nitrogen and oxygen atoms in total. The zero-order chi connectivity index (χ0) is 18.4. The number of aliphatic carboxylic acids is 1. The number of anilines is 1. The normalized spacial score (nSPS) is 10.5. The maximum Gasteiger partial charge on any atom is 0.305 e. The van der Waals surface area contributed by atoms with Crippen LogP contribution in [0.5, 0.6) is 0 Å². The standard InChI is InChI=1S/C17H19N3O5/c1-10(2)13-9-14(25-20-13)17(24)19-12-5-3-11(4-6-12)16(23)18-8-7-15(21)22/h3-6,9-10H,7-8H2,1-2H3,(H,18,23)(H,19,24)(H,21,22). The predicted molar refractivity (Wildman–Crippen MR) is 89.6 cm³/mol. The van der Waals surface area contributed by atoms with Crippen molar-refractivity contribution in [1.29, 1.82) is 0 Å². The van der Waals surface area contributed by atoms with Crippen molar-refractivity contribution < 1.29 is 24.0 Å². The molecule has 1 aromatic carbocycles. The molecule has 0 fully saturated rings. The average molecular weight is 345 g/mol. The topological polar surface area (TPSA) is 122 Å². The number of carbonyl (C=O) groups excluding carboxylic acids is 2. The van der Waals surface area contributed by atoms with Crippen LogP contribution in [0.1, 0.15) is 52.8 Å². The minimum absolute atomic E-state index is 0.0519. The number of nitrogens with one attached hydrogen (secondary N) is 2. The van der Waals surface area contributed by atoms with E-state index in [0.717, 1.165) is 0 Å². The molecule has 2 aromatic rings. The minimum atomic E-state index is -0.980. The van der Waals surface area contributed by atoms with E-state index in [1.807, 2.05) is 13.8 Å². The van der Waals surface area contributed by atoms with Crippen molar-refractivity contribution in [3.63, 3.8) is 0 Å². The number of carboxylic acid groups (broad SMARTS) is 1. The second-order valence-corrected chi connectivity index (χ2v) is 5.70. The van der Waals surface area contributed by atoms with Crippen molar-refractivity contribution in [2.75, 3.05) is 11.9 Å². The van der Waals surface area contributed by atoms with Gasteiger partial charge in [0.1, 0.15) is 0 Å². The van der Waals surface area contributed by atoms with Gasteiger partial charge < -0.3 is 20.3 Å². The van der Waals surface area contributed by atoms with Gasteiger partial charge in [-0.3, -0.25) is 14.4 Å². The first-order chi connectivity index (χ1) is 11.9. The van der Waals surface area contributed by atoms with Crippen molar-refractivity contribution in [3.8, 4) is 0 Å². The lowest BCUT2D eigenvalue weighted by atomic mass is 10.1. The van der Waals surface area contributed by atoms with Gasteiger partial charge in [0.2, 0.25) is 5.76 Å². The lowest BCUT2D eigenvalue weighted by Crippen LogP contribution is -2.25. The highest BCUT2D eigenvalue weighted by Crippen LogP contribution is 2.16. The summed E-state index contributed by atoms with van der Waals surface area (Å²) in [6.07, 6.45) is -0.143. The van der Waals surface area contributed by atoms with Crippen LogP contribution >= 0.6 is 0 Å². The van der Waals surface area contributed by atoms with Crippen molar-refractivity contribution >= 4 is 23.5 Å². The van der Waals surface area contributed by atoms with Gasteiger partial charge in [-0.15, -0.1) is 0 Å². The summed E-state index contributed by atoms with van der Waals surface area (Å²) in [7, 11) is 0. The van der Waals surface area contributed by atoms with Crippen LogP contribution in [0.2, 0.25) is 0 Å². The number of carbonyl (C=O) groups is 3. The maximum atomic E-state index is 12.1. The zero-order valence-corrected chi connectivity index (χ0v) is 13.9. The van der Waals surface area contributed by atoms with Crippen LogP contribution in [-0.2, 0) is 4.79 Å². The Bertz CT molecular complexity index is 765. The van der Waals surface area contributed by atoms with Crippen LogP contribution < -0.4 is 10.6 Å². The van der Waals surface area contributed by atoms with Gasteiger partial charge in [-0.25, -0.2) is 0 Å². The van der Waals surface area contributed by atoms with Crippen LogP contribution in [0.25, 0.3) is 0 Å². The van der Waals surface area contributed by atoms with E-state index >= 15 is 0 Å². The van der Waals surface area contributed by atoms with E-state index in [1.165, 1.54) is 12.1 Å². The third-order valence-electron chi connectivity index (χ3n) is 3.37. The molecule has 0 bridgehead atoms. The Morgan fingerprint density at radius 3 is 2.40 bits per heavy atom. The molecular weight excluding hydrogens is 326 g/mol. The van der Waals surface area contributed by atoms with Crippen LogP contribution in [0.4, 0.5) is 5.69 Å². The van der Waals surface area contributed by atoms with Crippen molar-refractivity contribution in [3.05, 3.63) is 47.3 Å². The minimum Gasteiger partial charge on any atom is -0.481 e. The van der Waals surface area contributed by atoms with Crippen molar-refractivity contribution in [2.24, 2.45) is 0 Å². The number of amides is 2. The zero-order valence-electron chi connectivity index (χ0n) is 13.9. The molecule has 0 saturated carbocycles. The Labute approximate surface area is 144 Å². The molecule has 0 spiro atoms. The van der Waals surface area contributed by atoms with Gasteiger partial charge in [-0.2, -0.15) is 0 Å². The summed E-state index contributed by atoms with van der Waals surface area (Å²) in [5.74, 6) is -1.52. The highest BCUT2D eigenvalue weighted by molar-refractivity contribution is 6.02. The summed E-state index contributed by atoms with van der Waals surface area (Å²) in [5, 5.41) is 17.5. The quantitative estimate of drug-likeness (QED) is 0.707. The summed E-state index contributed by atoms with van der Waals surface area (Å²) in [5.41, 5.74) is 1.55. The van der Waals surface area contributed by atoms with Gasteiger partial charge in [0, 0.05) is 23.9 Å². The number of aromatic nitrogens is 1. The summed E-state index contributed by atoms with van der Waals surface area (Å²) < 4.78 is 5.01. The fourth-order valence-corrected chi connectivity index (χ4v) is 1.95. The molecule has 0 radical (unpaired) electrons. The fraction of sp³-hybridized carbons (Fsp3) is 0.294. The smallest absolute Gasteiger partial charge is 0.305 e. The first-order valence-corrected chi connectivity index (χ1v) is 7.75. The van der Waals surface area contributed by atoms with E-state index in [1.54, 1.807) is 18.2 Å². The molecule has 2 rings (SSSR count). The van der Waals surface area contributed by atoms with Crippen LogP contribution in [0.15, 0.2) is 34.9 Å². The second kappa shape index (κ2) is 8.09. The van der Waals surface area contributed by atoms with E-state index in [-0.39, 0.29) is 30.6 Å². The first-order valence-electron chi connectivity index (χ1n) is 7.75. The molecule has 0 unspecified atom stereocenters. The Balaban J connectivity index is 1.94. The van der Waals surface area contributed by atoms with Crippen molar-refractivity contribution in [2.45, 2.75) is 26.2 Å². The van der Waals surface area contributed by atoms with Gasteiger partial charge in [-0.1, -0.05) is 19.0 Å². The molecule has 3 N–H and O–H groups in total. The average Bonchev–Trinajstić information content (AvgIpc) is 3.05. The molecule has 2 amide bonds. The summed E-state index contributed by atoms with van der Waals surface area (Å²) in [4.78, 5) is 34.3. The lowest BCUT2D eigenvalue weighted by Gasteiger charge is -2.06. The lowest BCUT2D eigenvalue weighted by molar-refractivity contribution is -0.136. The number of benzene rings is 1. The molecule has 0 aliphatic carbocycles. The van der Waals surface area contributed by atoms with Crippen LogP contribution in [0, 0.1) is 0 Å². The molecule has 1 aromatic heterocycles. The molecular formula is C17H19N3O5. The number of carboxylic acids is 1. The molecule has 0 aliphatic heterocycles. The fourth-order valence-electron chi connectivity index (χ4n) is 1.95. The molecule has 25 heavy (non-hydrogen) atoms. The number of hydrogen-bond acceptors (Lipinski definition) is 5. The van der Waals surface area contributed by atoms with Crippen molar-refractivity contribution in [1.82, 2.24) is 10.5 Å². The Morgan fingerprint density at radius 2 is 1.84 bits per heavy atom. The molecule has 0 atom stereocenters. The highest BCUT2D eigenvalue weighted by atomic mass is 16.5. The van der Waals surface area contributed by atoms with Crippen LogP contribution in [0.3, 0.4) is 0 Å². The molecule has 132 valence electrons. The Kier molecular flexibility index (Phi) is 5.89.